The van der Waals surface area contributed by atoms with Crippen LogP contribution in [0.15, 0.2) is 15.7 Å². The van der Waals surface area contributed by atoms with Crippen LogP contribution in [0.3, 0.4) is 0 Å². The quantitative estimate of drug-likeness (QED) is 0.803. The molecule has 0 aromatic carbocycles. The van der Waals surface area contributed by atoms with Crippen molar-refractivity contribution in [3.63, 3.8) is 0 Å². The highest BCUT2D eigenvalue weighted by Crippen LogP contribution is 2.31. The van der Waals surface area contributed by atoms with Gasteiger partial charge in [0.25, 0.3) is 0 Å². The van der Waals surface area contributed by atoms with Crippen molar-refractivity contribution in [2.24, 2.45) is 0 Å². The van der Waals surface area contributed by atoms with Crippen molar-refractivity contribution in [2.75, 3.05) is 5.73 Å². The highest BCUT2D eigenvalue weighted by molar-refractivity contribution is 8.01. The molecule has 0 unspecified atom stereocenters. The van der Waals surface area contributed by atoms with Crippen molar-refractivity contribution < 1.29 is 0 Å². The molecule has 7 heteroatoms. The summed E-state index contributed by atoms with van der Waals surface area (Å²) in [6.07, 6.45) is 1.46. The fourth-order valence-corrected chi connectivity index (χ4v) is 2.74. The molecule has 2 aromatic heterocycles. The number of aryl methyl sites for hydroxylation is 1. The van der Waals surface area contributed by atoms with E-state index in [1.54, 1.807) is 0 Å². The van der Waals surface area contributed by atoms with Crippen LogP contribution in [0.1, 0.15) is 10.6 Å². The van der Waals surface area contributed by atoms with Crippen LogP contribution in [0.5, 0.6) is 0 Å². The van der Waals surface area contributed by atoms with Crippen molar-refractivity contribution in [1.82, 2.24) is 20.2 Å². The average Bonchev–Trinajstić information content (AvgIpc) is 2.59. The first kappa shape index (κ1) is 10.3. The van der Waals surface area contributed by atoms with Gasteiger partial charge in [0.05, 0.1) is 0 Å². The van der Waals surface area contributed by atoms with Gasteiger partial charge >= 0.3 is 0 Å². The third-order valence-corrected chi connectivity index (χ3v) is 3.76. The largest absolute Gasteiger partial charge is 0.383 e. The van der Waals surface area contributed by atoms with Crippen LogP contribution in [0.2, 0.25) is 0 Å². The number of aromatic nitrogens is 4. The standard InChI is InChI=1S/C8H9N5S2/c1-4-6(9)10-3-11-7(4)15-8-13-12-5(2)14-8/h3H,1-2H3,(H2,9,10,11). The predicted octanol–water partition coefficient (Wildman–Crippen LogP) is 1.68. The van der Waals surface area contributed by atoms with Crippen LogP contribution < -0.4 is 5.73 Å². The molecular formula is C8H9N5S2. The van der Waals surface area contributed by atoms with Gasteiger partial charge in [-0.3, -0.25) is 0 Å². The van der Waals surface area contributed by atoms with E-state index in [0.29, 0.717) is 5.82 Å². The second kappa shape index (κ2) is 4.11. The zero-order valence-electron chi connectivity index (χ0n) is 8.26. The van der Waals surface area contributed by atoms with E-state index in [4.69, 9.17) is 5.73 Å². The Hall–Kier alpha value is -1.21. The smallest absolute Gasteiger partial charge is 0.180 e. The number of hydrogen-bond donors (Lipinski definition) is 1. The third-order valence-electron chi connectivity index (χ3n) is 1.77. The summed E-state index contributed by atoms with van der Waals surface area (Å²) >= 11 is 3.00. The maximum atomic E-state index is 5.68. The summed E-state index contributed by atoms with van der Waals surface area (Å²) in [4.78, 5) is 8.06. The minimum Gasteiger partial charge on any atom is -0.383 e. The zero-order chi connectivity index (χ0) is 10.8. The van der Waals surface area contributed by atoms with Gasteiger partial charge in [-0.15, -0.1) is 10.2 Å². The lowest BCUT2D eigenvalue weighted by Gasteiger charge is -2.02. The van der Waals surface area contributed by atoms with Gasteiger partial charge in [-0.2, -0.15) is 0 Å². The minimum absolute atomic E-state index is 0.508. The van der Waals surface area contributed by atoms with Gasteiger partial charge in [-0.1, -0.05) is 11.3 Å². The molecule has 2 N–H and O–H groups in total. The summed E-state index contributed by atoms with van der Waals surface area (Å²) in [5, 5.41) is 9.72. The Morgan fingerprint density at radius 3 is 2.73 bits per heavy atom. The van der Waals surface area contributed by atoms with Crippen molar-refractivity contribution in [3.05, 3.63) is 16.9 Å². The van der Waals surface area contributed by atoms with Crippen LogP contribution in [-0.2, 0) is 0 Å². The summed E-state index contributed by atoms with van der Waals surface area (Å²) in [6, 6.07) is 0. The molecule has 78 valence electrons. The molecule has 0 bridgehead atoms. The molecule has 0 aliphatic rings. The van der Waals surface area contributed by atoms with E-state index >= 15 is 0 Å². The Bertz CT molecular complexity index is 482. The van der Waals surface area contributed by atoms with Crippen molar-refractivity contribution in [1.29, 1.82) is 0 Å². The van der Waals surface area contributed by atoms with E-state index in [1.165, 1.54) is 29.4 Å². The first-order chi connectivity index (χ1) is 7.16. The van der Waals surface area contributed by atoms with Crippen molar-refractivity contribution in [3.8, 4) is 0 Å². The molecule has 2 aromatic rings. The van der Waals surface area contributed by atoms with E-state index in [9.17, 15) is 0 Å². The molecule has 15 heavy (non-hydrogen) atoms. The van der Waals surface area contributed by atoms with E-state index in [2.05, 4.69) is 20.2 Å². The first-order valence-corrected chi connectivity index (χ1v) is 5.85. The number of anilines is 1. The molecular weight excluding hydrogens is 230 g/mol. The maximum absolute atomic E-state index is 5.68. The molecule has 0 aliphatic carbocycles. The van der Waals surface area contributed by atoms with Gasteiger partial charge in [0, 0.05) is 5.56 Å². The van der Waals surface area contributed by atoms with Gasteiger partial charge in [0.1, 0.15) is 22.2 Å². The molecule has 0 amide bonds. The Morgan fingerprint density at radius 2 is 2.07 bits per heavy atom. The minimum atomic E-state index is 0.508. The van der Waals surface area contributed by atoms with E-state index in [1.807, 2.05) is 13.8 Å². The lowest BCUT2D eigenvalue weighted by atomic mass is 10.4. The highest BCUT2D eigenvalue weighted by atomic mass is 32.2. The maximum Gasteiger partial charge on any atom is 0.180 e. The topological polar surface area (TPSA) is 77.6 Å². The summed E-state index contributed by atoms with van der Waals surface area (Å²) in [5.41, 5.74) is 6.57. The molecule has 0 spiro atoms. The summed E-state index contributed by atoms with van der Waals surface area (Å²) in [6.45, 7) is 3.81. The first-order valence-electron chi connectivity index (χ1n) is 4.22. The third kappa shape index (κ3) is 2.24. The Morgan fingerprint density at radius 1 is 1.27 bits per heavy atom. The van der Waals surface area contributed by atoms with Crippen LogP contribution in [-0.4, -0.2) is 20.2 Å². The van der Waals surface area contributed by atoms with Crippen molar-refractivity contribution in [2.45, 2.75) is 23.2 Å². The molecule has 0 atom stereocenters. The number of nitrogens with two attached hydrogens (primary N) is 1. The van der Waals surface area contributed by atoms with E-state index < -0.39 is 0 Å². The fourth-order valence-electron chi connectivity index (χ4n) is 0.952. The molecule has 0 saturated carbocycles. The summed E-state index contributed by atoms with van der Waals surface area (Å²) < 4.78 is 0.869. The molecule has 2 rings (SSSR count). The molecule has 5 nitrogen and oxygen atoms in total. The highest BCUT2D eigenvalue weighted by Gasteiger charge is 2.09. The Balaban J connectivity index is 2.28. The predicted molar refractivity (Wildman–Crippen MR) is 60.0 cm³/mol. The van der Waals surface area contributed by atoms with Crippen LogP contribution >= 0.6 is 23.1 Å². The summed E-state index contributed by atoms with van der Waals surface area (Å²) in [5.74, 6) is 0.508. The van der Waals surface area contributed by atoms with Crippen LogP contribution in [0, 0.1) is 13.8 Å². The second-order valence-electron chi connectivity index (χ2n) is 2.88. The number of nitrogens with zero attached hydrogens (tertiary/aromatic N) is 4. The van der Waals surface area contributed by atoms with E-state index in [-0.39, 0.29) is 0 Å². The number of nitrogen functional groups attached to an aromatic ring is 1. The number of hydrogen-bond acceptors (Lipinski definition) is 7. The molecule has 0 radical (unpaired) electrons. The summed E-state index contributed by atoms with van der Waals surface area (Å²) in [7, 11) is 0. The van der Waals surface area contributed by atoms with Gasteiger partial charge in [-0.25, -0.2) is 9.97 Å². The monoisotopic (exact) mass is 239 g/mol. The average molecular weight is 239 g/mol. The molecule has 0 saturated heterocycles. The zero-order valence-corrected chi connectivity index (χ0v) is 9.89. The van der Waals surface area contributed by atoms with Gasteiger partial charge in [-0.05, 0) is 25.6 Å². The van der Waals surface area contributed by atoms with Gasteiger partial charge in [0.15, 0.2) is 4.34 Å². The molecule has 0 fully saturated rings. The lowest BCUT2D eigenvalue weighted by Crippen LogP contribution is -1.97. The van der Waals surface area contributed by atoms with E-state index in [0.717, 1.165) is 19.9 Å². The Kier molecular flexibility index (Phi) is 2.83. The SMILES string of the molecule is Cc1nnc(Sc2ncnc(N)c2C)s1. The lowest BCUT2D eigenvalue weighted by molar-refractivity contribution is 0.971. The van der Waals surface area contributed by atoms with Crippen LogP contribution in [0.4, 0.5) is 5.82 Å². The van der Waals surface area contributed by atoms with Crippen LogP contribution in [0.25, 0.3) is 0 Å². The number of rotatable bonds is 2. The van der Waals surface area contributed by atoms with Gasteiger partial charge in [0.2, 0.25) is 0 Å². The second-order valence-corrected chi connectivity index (χ2v) is 5.30. The van der Waals surface area contributed by atoms with Gasteiger partial charge < -0.3 is 5.73 Å². The Labute approximate surface area is 95.2 Å². The molecule has 0 aliphatic heterocycles. The molecule has 2 heterocycles. The van der Waals surface area contributed by atoms with Crippen molar-refractivity contribution >= 4 is 28.9 Å². The fraction of sp³-hybridized carbons (Fsp3) is 0.250. The normalized spacial score (nSPS) is 10.5.